The first-order valence-electron chi connectivity index (χ1n) is 5.32. The Kier molecular flexibility index (Phi) is 2.00. The Morgan fingerprint density at radius 3 is 2.50 bits per heavy atom. The molecule has 0 N–H and O–H groups in total. The molecule has 0 spiro atoms. The van der Waals surface area contributed by atoms with Crippen LogP contribution in [0, 0.1) is 6.92 Å². The maximum Gasteiger partial charge on any atom is 0.0992 e. The predicted octanol–water partition coefficient (Wildman–Crippen LogP) is 3.31. The van der Waals surface area contributed by atoms with Gasteiger partial charge in [-0.25, -0.2) is 4.98 Å². The molecule has 0 atom stereocenters. The molecule has 1 aromatic carbocycles. The van der Waals surface area contributed by atoms with Gasteiger partial charge in [-0.2, -0.15) is 0 Å². The molecule has 0 aliphatic heterocycles. The molecule has 0 unspecified atom stereocenters. The molecule has 0 amide bonds. The van der Waals surface area contributed by atoms with E-state index in [1.165, 1.54) is 16.7 Å². The average molecular weight is 208 g/mol. The number of aromatic nitrogens is 2. The third kappa shape index (κ3) is 1.48. The summed E-state index contributed by atoms with van der Waals surface area (Å²) < 4.78 is 2.04. The number of nitrogens with zero attached hydrogens (tertiary/aromatic N) is 2. The van der Waals surface area contributed by atoms with Crippen LogP contribution in [0.25, 0.3) is 16.6 Å². The van der Waals surface area contributed by atoms with Crippen LogP contribution in [-0.2, 0) is 0 Å². The van der Waals surface area contributed by atoms with Gasteiger partial charge in [0, 0.05) is 6.20 Å². The number of benzene rings is 1. The van der Waals surface area contributed by atoms with Crippen LogP contribution >= 0.6 is 0 Å². The van der Waals surface area contributed by atoms with E-state index < -0.39 is 0 Å². The van der Waals surface area contributed by atoms with Gasteiger partial charge in [-0.3, -0.25) is 0 Å². The van der Waals surface area contributed by atoms with Crippen molar-refractivity contribution in [2.75, 3.05) is 0 Å². The van der Waals surface area contributed by atoms with Crippen molar-refractivity contribution >= 4 is 5.52 Å². The van der Waals surface area contributed by atoms with Crippen molar-refractivity contribution in [2.45, 2.75) is 6.92 Å². The van der Waals surface area contributed by atoms with E-state index in [1.807, 2.05) is 16.9 Å². The number of aryl methyl sites for hydroxylation is 1. The van der Waals surface area contributed by atoms with E-state index in [4.69, 9.17) is 0 Å². The monoisotopic (exact) mass is 208 g/mol. The first kappa shape index (κ1) is 9.16. The second kappa shape index (κ2) is 3.49. The van der Waals surface area contributed by atoms with Crippen LogP contribution in [0.3, 0.4) is 0 Å². The standard InChI is InChI=1S/C14H12N2/c1-11-2-4-12(5-3-11)13-6-7-14-8-15-10-16(14)9-13/h2-10H,1H3. The van der Waals surface area contributed by atoms with Gasteiger partial charge in [-0.1, -0.05) is 35.9 Å². The van der Waals surface area contributed by atoms with Gasteiger partial charge < -0.3 is 4.40 Å². The summed E-state index contributed by atoms with van der Waals surface area (Å²) in [7, 11) is 0. The SMILES string of the molecule is Cc1ccc(-c2ccc3cncn3c2)cc1. The summed E-state index contributed by atoms with van der Waals surface area (Å²) in [4.78, 5) is 4.11. The van der Waals surface area contributed by atoms with Crippen LogP contribution in [0.4, 0.5) is 0 Å². The molecular formula is C14H12N2. The van der Waals surface area contributed by atoms with Crippen molar-refractivity contribution in [3.05, 3.63) is 60.7 Å². The lowest BCUT2D eigenvalue weighted by atomic mass is 10.1. The van der Waals surface area contributed by atoms with Crippen LogP contribution in [0.2, 0.25) is 0 Å². The minimum atomic E-state index is 1.12. The van der Waals surface area contributed by atoms with E-state index in [-0.39, 0.29) is 0 Å². The Morgan fingerprint density at radius 1 is 0.938 bits per heavy atom. The van der Waals surface area contributed by atoms with Gasteiger partial charge in [0.25, 0.3) is 0 Å². The molecule has 0 aliphatic carbocycles. The van der Waals surface area contributed by atoms with Crippen molar-refractivity contribution in [2.24, 2.45) is 0 Å². The molecule has 2 heterocycles. The summed E-state index contributed by atoms with van der Waals surface area (Å²) in [6.45, 7) is 2.10. The summed E-state index contributed by atoms with van der Waals surface area (Å²) in [5.41, 5.74) is 4.86. The quantitative estimate of drug-likeness (QED) is 0.599. The highest BCUT2D eigenvalue weighted by Crippen LogP contribution is 2.20. The van der Waals surface area contributed by atoms with E-state index in [0.717, 1.165) is 5.52 Å². The summed E-state index contributed by atoms with van der Waals surface area (Å²) in [5.74, 6) is 0. The Hall–Kier alpha value is -2.09. The Balaban J connectivity index is 2.14. The number of fused-ring (bicyclic) bond motifs is 1. The molecule has 0 saturated carbocycles. The van der Waals surface area contributed by atoms with Gasteiger partial charge in [0.2, 0.25) is 0 Å². The zero-order valence-electron chi connectivity index (χ0n) is 9.09. The lowest BCUT2D eigenvalue weighted by molar-refractivity contribution is 1.16. The minimum absolute atomic E-state index is 1.12. The van der Waals surface area contributed by atoms with Crippen molar-refractivity contribution in [3.8, 4) is 11.1 Å². The summed E-state index contributed by atoms with van der Waals surface area (Å²) >= 11 is 0. The van der Waals surface area contributed by atoms with Crippen molar-refractivity contribution < 1.29 is 0 Å². The highest BCUT2D eigenvalue weighted by atomic mass is 15.0. The second-order valence-electron chi connectivity index (χ2n) is 4.01. The summed E-state index contributed by atoms with van der Waals surface area (Å²) in [5, 5.41) is 0. The largest absolute Gasteiger partial charge is 0.306 e. The van der Waals surface area contributed by atoms with Crippen LogP contribution in [0.5, 0.6) is 0 Å². The Morgan fingerprint density at radius 2 is 1.69 bits per heavy atom. The van der Waals surface area contributed by atoms with Crippen molar-refractivity contribution in [1.82, 2.24) is 9.38 Å². The molecular weight excluding hydrogens is 196 g/mol. The fourth-order valence-corrected chi connectivity index (χ4v) is 1.84. The second-order valence-corrected chi connectivity index (χ2v) is 4.01. The molecule has 2 aromatic heterocycles. The van der Waals surface area contributed by atoms with Gasteiger partial charge in [0.15, 0.2) is 0 Å². The molecule has 2 nitrogen and oxygen atoms in total. The third-order valence-corrected chi connectivity index (χ3v) is 2.79. The minimum Gasteiger partial charge on any atom is -0.306 e. The van der Waals surface area contributed by atoms with Gasteiger partial charge >= 0.3 is 0 Å². The maximum atomic E-state index is 4.11. The van der Waals surface area contributed by atoms with Crippen LogP contribution in [-0.4, -0.2) is 9.38 Å². The molecule has 0 radical (unpaired) electrons. The molecule has 78 valence electrons. The van der Waals surface area contributed by atoms with E-state index in [1.54, 1.807) is 0 Å². The molecule has 0 aliphatic rings. The van der Waals surface area contributed by atoms with Crippen molar-refractivity contribution in [3.63, 3.8) is 0 Å². The fraction of sp³-hybridized carbons (Fsp3) is 0.0714. The van der Waals surface area contributed by atoms with Gasteiger partial charge in [0.1, 0.15) is 0 Å². The zero-order chi connectivity index (χ0) is 11.0. The molecule has 0 saturated heterocycles. The smallest absolute Gasteiger partial charge is 0.0992 e. The molecule has 0 fully saturated rings. The lowest BCUT2D eigenvalue weighted by Gasteiger charge is -2.03. The number of hydrogen-bond acceptors (Lipinski definition) is 1. The highest BCUT2D eigenvalue weighted by Gasteiger charge is 1.99. The van der Waals surface area contributed by atoms with Gasteiger partial charge in [0.05, 0.1) is 18.0 Å². The summed E-state index contributed by atoms with van der Waals surface area (Å²) in [6, 6.07) is 12.8. The van der Waals surface area contributed by atoms with Crippen LogP contribution < -0.4 is 0 Å². The molecule has 16 heavy (non-hydrogen) atoms. The molecule has 2 heteroatoms. The van der Waals surface area contributed by atoms with E-state index in [2.05, 4.69) is 54.5 Å². The Labute approximate surface area is 94.2 Å². The highest BCUT2D eigenvalue weighted by molar-refractivity contribution is 5.65. The fourth-order valence-electron chi connectivity index (χ4n) is 1.84. The van der Waals surface area contributed by atoms with E-state index in [0.29, 0.717) is 0 Å². The average Bonchev–Trinajstić information content (AvgIpc) is 2.77. The van der Waals surface area contributed by atoms with E-state index >= 15 is 0 Å². The first-order chi connectivity index (χ1) is 7.83. The topological polar surface area (TPSA) is 17.3 Å². The first-order valence-corrected chi connectivity index (χ1v) is 5.32. The lowest BCUT2D eigenvalue weighted by Crippen LogP contribution is -1.84. The summed E-state index contributed by atoms with van der Waals surface area (Å²) in [6.07, 6.45) is 5.79. The maximum absolute atomic E-state index is 4.11. The molecule has 3 aromatic rings. The zero-order valence-corrected chi connectivity index (χ0v) is 9.09. The third-order valence-electron chi connectivity index (χ3n) is 2.79. The number of imidazole rings is 1. The molecule has 0 bridgehead atoms. The molecule has 3 rings (SSSR count). The Bertz CT molecular complexity index is 621. The van der Waals surface area contributed by atoms with Crippen LogP contribution in [0.15, 0.2) is 55.1 Å². The number of hydrogen-bond donors (Lipinski definition) is 0. The number of pyridine rings is 1. The van der Waals surface area contributed by atoms with E-state index in [9.17, 15) is 0 Å². The van der Waals surface area contributed by atoms with Gasteiger partial charge in [-0.15, -0.1) is 0 Å². The predicted molar refractivity (Wildman–Crippen MR) is 65.4 cm³/mol. The van der Waals surface area contributed by atoms with Crippen LogP contribution in [0.1, 0.15) is 5.56 Å². The normalized spacial score (nSPS) is 10.8. The van der Waals surface area contributed by atoms with Gasteiger partial charge in [-0.05, 0) is 24.1 Å². The number of rotatable bonds is 1. The van der Waals surface area contributed by atoms with Crippen molar-refractivity contribution in [1.29, 1.82) is 0 Å².